The molecule has 5 heteroatoms. The van der Waals surface area contributed by atoms with Gasteiger partial charge < -0.3 is 14.5 Å². The highest BCUT2D eigenvalue weighted by Crippen LogP contribution is 2.35. The van der Waals surface area contributed by atoms with Crippen LogP contribution in [-0.2, 0) is 4.79 Å². The molecule has 0 atom stereocenters. The van der Waals surface area contributed by atoms with E-state index in [1.54, 1.807) is 6.26 Å². The number of fused-ring (bicyclic) bond motifs is 1. The SMILES string of the molecule is Cc1ccc(-c2cc(-c3ccco3)cc(-c3ccc4c(c3)NC(=O)CO4)n2)cc1. The van der Waals surface area contributed by atoms with Crippen molar-refractivity contribution in [3.05, 3.63) is 78.6 Å². The second-order valence-corrected chi connectivity index (χ2v) is 7.02. The molecule has 0 fully saturated rings. The Balaban J connectivity index is 1.65. The van der Waals surface area contributed by atoms with Gasteiger partial charge in [0.2, 0.25) is 0 Å². The normalized spacial score (nSPS) is 12.8. The number of nitrogens with one attached hydrogen (secondary N) is 1. The largest absolute Gasteiger partial charge is 0.482 e. The van der Waals surface area contributed by atoms with Crippen molar-refractivity contribution in [3.63, 3.8) is 0 Å². The molecule has 0 saturated carbocycles. The number of benzene rings is 2. The first kappa shape index (κ1) is 17.3. The molecule has 1 N–H and O–H groups in total. The van der Waals surface area contributed by atoms with Crippen LogP contribution in [0.1, 0.15) is 5.56 Å². The number of hydrogen-bond donors (Lipinski definition) is 1. The highest BCUT2D eigenvalue weighted by molar-refractivity contribution is 5.96. The van der Waals surface area contributed by atoms with E-state index >= 15 is 0 Å². The molecule has 0 unspecified atom stereocenters. The van der Waals surface area contributed by atoms with Crippen LogP contribution in [0.4, 0.5) is 5.69 Å². The lowest BCUT2D eigenvalue weighted by atomic mass is 10.0. The number of pyridine rings is 1. The summed E-state index contributed by atoms with van der Waals surface area (Å²) in [4.78, 5) is 16.6. The van der Waals surface area contributed by atoms with E-state index in [1.165, 1.54) is 5.56 Å². The maximum atomic E-state index is 11.7. The molecule has 0 saturated heterocycles. The number of carbonyl (C=O) groups is 1. The number of aromatic nitrogens is 1. The van der Waals surface area contributed by atoms with Crippen molar-refractivity contribution in [2.24, 2.45) is 0 Å². The average molecular weight is 382 g/mol. The second kappa shape index (κ2) is 6.95. The molecule has 142 valence electrons. The van der Waals surface area contributed by atoms with Crippen LogP contribution in [0.15, 0.2) is 77.4 Å². The van der Waals surface area contributed by atoms with Crippen LogP contribution in [0.3, 0.4) is 0 Å². The van der Waals surface area contributed by atoms with Crippen molar-refractivity contribution in [1.82, 2.24) is 4.98 Å². The molecular formula is C24H18N2O3. The third-order valence-corrected chi connectivity index (χ3v) is 4.89. The zero-order chi connectivity index (χ0) is 19.8. The number of anilines is 1. The first-order valence-electron chi connectivity index (χ1n) is 9.36. The zero-order valence-corrected chi connectivity index (χ0v) is 15.8. The summed E-state index contributed by atoms with van der Waals surface area (Å²) < 4.78 is 11.1. The Morgan fingerprint density at radius 1 is 0.897 bits per heavy atom. The molecule has 0 aliphatic carbocycles. The molecular weight excluding hydrogens is 364 g/mol. The summed E-state index contributed by atoms with van der Waals surface area (Å²) in [6.45, 7) is 2.10. The van der Waals surface area contributed by atoms with E-state index in [-0.39, 0.29) is 12.5 Å². The fourth-order valence-corrected chi connectivity index (χ4v) is 3.38. The van der Waals surface area contributed by atoms with E-state index in [4.69, 9.17) is 14.1 Å². The second-order valence-electron chi connectivity index (χ2n) is 7.02. The minimum absolute atomic E-state index is 0.0378. The lowest BCUT2D eigenvalue weighted by Crippen LogP contribution is -2.25. The fourth-order valence-electron chi connectivity index (χ4n) is 3.38. The van der Waals surface area contributed by atoms with E-state index in [9.17, 15) is 4.79 Å². The van der Waals surface area contributed by atoms with Crippen molar-refractivity contribution in [2.75, 3.05) is 11.9 Å². The van der Waals surface area contributed by atoms with Crippen LogP contribution < -0.4 is 10.1 Å². The van der Waals surface area contributed by atoms with Crippen LogP contribution in [0.25, 0.3) is 33.8 Å². The van der Waals surface area contributed by atoms with Gasteiger partial charge in [-0.1, -0.05) is 29.8 Å². The number of amides is 1. The smallest absolute Gasteiger partial charge is 0.262 e. The van der Waals surface area contributed by atoms with E-state index in [0.29, 0.717) is 11.4 Å². The number of rotatable bonds is 3. The third kappa shape index (κ3) is 3.38. The molecule has 2 aromatic carbocycles. The summed E-state index contributed by atoms with van der Waals surface area (Å²) >= 11 is 0. The lowest BCUT2D eigenvalue weighted by molar-refractivity contribution is -0.118. The summed E-state index contributed by atoms with van der Waals surface area (Å²) in [6.07, 6.45) is 1.66. The highest BCUT2D eigenvalue weighted by atomic mass is 16.5. The summed E-state index contributed by atoms with van der Waals surface area (Å²) in [5, 5.41) is 2.85. The molecule has 0 spiro atoms. The van der Waals surface area contributed by atoms with Gasteiger partial charge >= 0.3 is 0 Å². The average Bonchev–Trinajstić information content (AvgIpc) is 3.28. The van der Waals surface area contributed by atoms with Gasteiger partial charge in [-0.3, -0.25) is 4.79 Å². The number of furan rings is 1. The van der Waals surface area contributed by atoms with Crippen LogP contribution in [0, 0.1) is 6.92 Å². The predicted octanol–water partition coefficient (Wildman–Crippen LogP) is 5.31. The lowest BCUT2D eigenvalue weighted by Gasteiger charge is -2.18. The highest BCUT2D eigenvalue weighted by Gasteiger charge is 2.17. The third-order valence-electron chi connectivity index (χ3n) is 4.89. The van der Waals surface area contributed by atoms with Crippen molar-refractivity contribution < 1.29 is 13.9 Å². The first-order chi connectivity index (χ1) is 14.2. The van der Waals surface area contributed by atoms with Crippen molar-refractivity contribution in [2.45, 2.75) is 6.92 Å². The number of aryl methyl sites for hydroxylation is 1. The van der Waals surface area contributed by atoms with Gasteiger partial charge in [0.25, 0.3) is 5.91 Å². The Kier molecular flexibility index (Phi) is 4.13. The van der Waals surface area contributed by atoms with Crippen LogP contribution in [-0.4, -0.2) is 17.5 Å². The molecule has 1 amide bonds. The standard InChI is InChI=1S/C24H18N2O3/c1-15-4-6-16(7-5-15)19-12-18(22-3-2-10-28-22)13-20(25-19)17-8-9-23-21(11-17)26-24(27)14-29-23/h2-13H,14H2,1H3,(H,26,27). The summed E-state index contributed by atoms with van der Waals surface area (Å²) in [5.74, 6) is 1.28. The Bertz CT molecular complexity index is 1200. The Hall–Kier alpha value is -3.86. The summed E-state index contributed by atoms with van der Waals surface area (Å²) in [7, 11) is 0. The van der Waals surface area contributed by atoms with E-state index in [0.717, 1.165) is 33.8 Å². The maximum absolute atomic E-state index is 11.7. The molecule has 1 aliphatic heterocycles. The number of nitrogens with zero attached hydrogens (tertiary/aromatic N) is 1. The molecule has 5 nitrogen and oxygen atoms in total. The van der Waals surface area contributed by atoms with Crippen molar-refractivity contribution >= 4 is 11.6 Å². The van der Waals surface area contributed by atoms with Gasteiger partial charge in [-0.25, -0.2) is 4.98 Å². The minimum Gasteiger partial charge on any atom is -0.482 e. The monoisotopic (exact) mass is 382 g/mol. The van der Waals surface area contributed by atoms with Crippen molar-refractivity contribution in [1.29, 1.82) is 0 Å². The first-order valence-corrected chi connectivity index (χ1v) is 9.36. The summed E-state index contributed by atoms with van der Waals surface area (Å²) in [5.41, 5.74) is 6.34. The van der Waals surface area contributed by atoms with Gasteiger partial charge in [-0.05, 0) is 49.4 Å². The van der Waals surface area contributed by atoms with Gasteiger partial charge in [-0.2, -0.15) is 0 Å². The molecule has 5 rings (SSSR count). The van der Waals surface area contributed by atoms with E-state index < -0.39 is 0 Å². The Labute approximate surface area is 168 Å². The molecule has 0 radical (unpaired) electrons. The van der Waals surface area contributed by atoms with Gasteiger partial charge in [-0.15, -0.1) is 0 Å². The molecule has 2 aromatic heterocycles. The van der Waals surface area contributed by atoms with Gasteiger partial charge in [0.05, 0.1) is 23.3 Å². The summed E-state index contributed by atoms with van der Waals surface area (Å²) in [6, 6.07) is 21.8. The van der Waals surface area contributed by atoms with E-state index in [2.05, 4.69) is 36.5 Å². The van der Waals surface area contributed by atoms with Gasteiger partial charge in [0.15, 0.2) is 6.61 Å². The fraction of sp³-hybridized carbons (Fsp3) is 0.0833. The van der Waals surface area contributed by atoms with Crippen LogP contribution in [0.2, 0.25) is 0 Å². The van der Waals surface area contributed by atoms with Gasteiger partial charge in [0, 0.05) is 16.7 Å². The topological polar surface area (TPSA) is 64.4 Å². The Morgan fingerprint density at radius 2 is 1.66 bits per heavy atom. The van der Waals surface area contributed by atoms with Crippen LogP contribution in [0.5, 0.6) is 5.75 Å². The molecule has 4 aromatic rings. The Morgan fingerprint density at radius 3 is 2.41 bits per heavy atom. The van der Waals surface area contributed by atoms with Crippen molar-refractivity contribution in [3.8, 4) is 39.6 Å². The zero-order valence-electron chi connectivity index (χ0n) is 15.8. The van der Waals surface area contributed by atoms with Crippen LogP contribution >= 0.6 is 0 Å². The number of ether oxygens (including phenoxy) is 1. The molecule has 1 aliphatic rings. The predicted molar refractivity (Wildman–Crippen MR) is 112 cm³/mol. The molecule has 0 bridgehead atoms. The number of hydrogen-bond acceptors (Lipinski definition) is 4. The maximum Gasteiger partial charge on any atom is 0.262 e. The van der Waals surface area contributed by atoms with Gasteiger partial charge in [0.1, 0.15) is 11.5 Å². The quantitative estimate of drug-likeness (QED) is 0.521. The number of carbonyl (C=O) groups excluding carboxylic acids is 1. The van der Waals surface area contributed by atoms with E-state index in [1.807, 2.05) is 42.5 Å². The molecule has 29 heavy (non-hydrogen) atoms. The minimum atomic E-state index is -0.160. The molecule has 3 heterocycles.